The number of fused-ring (bicyclic) bond motifs is 1. The van der Waals surface area contributed by atoms with Crippen LogP contribution >= 0.6 is 11.8 Å². The fourth-order valence-corrected chi connectivity index (χ4v) is 4.20. The molecule has 0 saturated heterocycles. The van der Waals surface area contributed by atoms with Crippen molar-refractivity contribution in [2.45, 2.75) is 36.0 Å². The molecule has 0 bridgehead atoms. The van der Waals surface area contributed by atoms with Crippen molar-refractivity contribution < 1.29 is 4.39 Å². The van der Waals surface area contributed by atoms with Gasteiger partial charge in [-0.05, 0) is 42.6 Å². The molecule has 1 aliphatic heterocycles. The summed E-state index contributed by atoms with van der Waals surface area (Å²) >= 11 is 1.88. The predicted octanol–water partition coefficient (Wildman–Crippen LogP) is 3.98. The van der Waals surface area contributed by atoms with Gasteiger partial charge in [-0.15, -0.1) is 11.8 Å². The summed E-state index contributed by atoms with van der Waals surface area (Å²) < 4.78 is 13.5. The summed E-state index contributed by atoms with van der Waals surface area (Å²) in [6, 6.07) is 10.2. The lowest BCUT2D eigenvalue weighted by Crippen LogP contribution is -2.31. The SMILES string of the molecule is CCCNC(c1cncc(F)c1)C1Cc2ccccc2S1. The highest BCUT2D eigenvalue weighted by molar-refractivity contribution is 8.00. The van der Waals surface area contributed by atoms with Gasteiger partial charge in [-0.1, -0.05) is 25.1 Å². The van der Waals surface area contributed by atoms with Crippen LogP contribution in [0.4, 0.5) is 4.39 Å². The maximum Gasteiger partial charge on any atom is 0.141 e. The molecule has 1 aromatic heterocycles. The molecule has 1 aromatic carbocycles. The Balaban J connectivity index is 1.84. The molecule has 2 atom stereocenters. The Morgan fingerprint density at radius 2 is 2.24 bits per heavy atom. The molecule has 3 rings (SSSR count). The normalized spacial score (nSPS) is 18.5. The van der Waals surface area contributed by atoms with Crippen LogP contribution in [0.25, 0.3) is 0 Å². The van der Waals surface area contributed by atoms with E-state index in [-0.39, 0.29) is 11.9 Å². The van der Waals surface area contributed by atoms with E-state index in [1.165, 1.54) is 16.7 Å². The highest BCUT2D eigenvalue weighted by atomic mass is 32.2. The third-order valence-electron chi connectivity index (χ3n) is 3.74. The van der Waals surface area contributed by atoms with Crippen molar-refractivity contribution in [3.05, 3.63) is 59.7 Å². The number of thioether (sulfide) groups is 1. The first-order chi connectivity index (χ1) is 10.3. The van der Waals surface area contributed by atoms with Crippen LogP contribution in [0.3, 0.4) is 0 Å². The minimum Gasteiger partial charge on any atom is -0.309 e. The van der Waals surface area contributed by atoms with Crippen molar-refractivity contribution in [3.63, 3.8) is 0 Å². The van der Waals surface area contributed by atoms with E-state index in [1.54, 1.807) is 12.3 Å². The van der Waals surface area contributed by atoms with Crippen LogP contribution in [0.2, 0.25) is 0 Å². The average Bonchev–Trinajstić information content (AvgIpc) is 2.91. The van der Waals surface area contributed by atoms with Crippen molar-refractivity contribution in [2.75, 3.05) is 6.54 Å². The van der Waals surface area contributed by atoms with Crippen LogP contribution in [-0.2, 0) is 6.42 Å². The van der Waals surface area contributed by atoms with Gasteiger partial charge in [0.1, 0.15) is 5.82 Å². The lowest BCUT2D eigenvalue weighted by atomic mass is 10.00. The summed E-state index contributed by atoms with van der Waals surface area (Å²) in [7, 11) is 0. The third-order valence-corrected chi connectivity index (χ3v) is 5.14. The molecule has 0 fully saturated rings. The van der Waals surface area contributed by atoms with Crippen LogP contribution in [0.1, 0.15) is 30.5 Å². The first-order valence-corrected chi connectivity index (χ1v) is 8.24. The van der Waals surface area contributed by atoms with Crippen LogP contribution in [0, 0.1) is 5.82 Å². The number of benzene rings is 1. The zero-order valence-corrected chi connectivity index (χ0v) is 12.9. The number of halogens is 1. The van der Waals surface area contributed by atoms with Gasteiger partial charge in [-0.25, -0.2) is 4.39 Å². The minimum absolute atomic E-state index is 0.130. The number of hydrogen-bond donors (Lipinski definition) is 1. The maximum absolute atomic E-state index is 13.5. The van der Waals surface area contributed by atoms with E-state index < -0.39 is 0 Å². The van der Waals surface area contributed by atoms with E-state index >= 15 is 0 Å². The third kappa shape index (κ3) is 3.27. The highest BCUT2D eigenvalue weighted by Gasteiger charge is 2.30. The van der Waals surface area contributed by atoms with Gasteiger partial charge in [0.15, 0.2) is 0 Å². The Kier molecular flexibility index (Phi) is 4.56. The van der Waals surface area contributed by atoms with Crippen LogP contribution in [0.15, 0.2) is 47.6 Å². The number of aromatic nitrogens is 1. The van der Waals surface area contributed by atoms with Gasteiger partial charge in [0.2, 0.25) is 0 Å². The molecule has 0 aliphatic carbocycles. The molecular formula is C17H19FN2S. The second-order valence-corrected chi connectivity index (χ2v) is 6.62. The molecule has 2 unspecified atom stereocenters. The predicted molar refractivity (Wildman–Crippen MR) is 85.0 cm³/mol. The first-order valence-electron chi connectivity index (χ1n) is 7.36. The molecule has 2 nitrogen and oxygen atoms in total. The van der Waals surface area contributed by atoms with E-state index in [2.05, 4.69) is 41.5 Å². The largest absolute Gasteiger partial charge is 0.309 e. The molecule has 0 radical (unpaired) electrons. The van der Waals surface area contributed by atoms with E-state index in [0.717, 1.165) is 24.9 Å². The Morgan fingerprint density at radius 3 is 3.00 bits per heavy atom. The first kappa shape index (κ1) is 14.5. The summed E-state index contributed by atoms with van der Waals surface area (Å²) in [6.45, 7) is 3.07. The fourth-order valence-electron chi connectivity index (χ4n) is 2.76. The fraction of sp³-hybridized carbons (Fsp3) is 0.353. The van der Waals surface area contributed by atoms with E-state index in [4.69, 9.17) is 0 Å². The monoisotopic (exact) mass is 302 g/mol. The second kappa shape index (κ2) is 6.58. The van der Waals surface area contributed by atoms with Gasteiger partial charge < -0.3 is 5.32 Å². The zero-order valence-electron chi connectivity index (χ0n) is 12.1. The van der Waals surface area contributed by atoms with Crippen LogP contribution in [0.5, 0.6) is 0 Å². The Labute approximate surface area is 129 Å². The molecule has 0 spiro atoms. The molecule has 1 aliphatic rings. The lowest BCUT2D eigenvalue weighted by molar-refractivity contribution is 0.507. The number of nitrogens with zero attached hydrogens (tertiary/aromatic N) is 1. The number of nitrogens with one attached hydrogen (secondary N) is 1. The summed E-state index contributed by atoms with van der Waals surface area (Å²) in [4.78, 5) is 5.35. The van der Waals surface area contributed by atoms with Crippen LogP contribution < -0.4 is 5.32 Å². The topological polar surface area (TPSA) is 24.9 Å². The van der Waals surface area contributed by atoms with Crippen molar-refractivity contribution in [3.8, 4) is 0 Å². The van der Waals surface area contributed by atoms with Crippen molar-refractivity contribution >= 4 is 11.8 Å². The Morgan fingerprint density at radius 1 is 1.38 bits per heavy atom. The van der Waals surface area contributed by atoms with E-state index in [9.17, 15) is 4.39 Å². The minimum atomic E-state index is -0.267. The van der Waals surface area contributed by atoms with Gasteiger partial charge in [0, 0.05) is 22.4 Å². The molecule has 110 valence electrons. The van der Waals surface area contributed by atoms with Crippen molar-refractivity contribution in [1.82, 2.24) is 10.3 Å². The molecule has 4 heteroatoms. The summed E-state index contributed by atoms with van der Waals surface area (Å²) in [5, 5.41) is 3.95. The Hall–Kier alpha value is -1.39. The van der Waals surface area contributed by atoms with Gasteiger partial charge in [-0.2, -0.15) is 0 Å². The summed E-state index contributed by atoms with van der Waals surface area (Å²) in [5.41, 5.74) is 2.33. The molecule has 0 amide bonds. The summed E-state index contributed by atoms with van der Waals surface area (Å²) in [5.74, 6) is -0.267. The van der Waals surface area contributed by atoms with E-state index in [0.29, 0.717) is 5.25 Å². The average molecular weight is 302 g/mol. The molecular weight excluding hydrogens is 283 g/mol. The lowest BCUT2D eigenvalue weighted by Gasteiger charge is -2.24. The van der Waals surface area contributed by atoms with Crippen molar-refractivity contribution in [2.24, 2.45) is 0 Å². The van der Waals surface area contributed by atoms with Gasteiger partial charge in [0.25, 0.3) is 0 Å². The Bertz CT molecular complexity index is 592. The molecule has 21 heavy (non-hydrogen) atoms. The highest BCUT2D eigenvalue weighted by Crippen LogP contribution is 2.42. The molecule has 2 heterocycles. The van der Waals surface area contributed by atoms with Gasteiger partial charge >= 0.3 is 0 Å². The maximum atomic E-state index is 13.5. The van der Waals surface area contributed by atoms with E-state index in [1.807, 2.05) is 11.8 Å². The van der Waals surface area contributed by atoms with Crippen LogP contribution in [-0.4, -0.2) is 16.8 Å². The quantitative estimate of drug-likeness (QED) is 0.904. The molecule has 2 aromatic rings. The van der Waals surface area contributed by atoms with Gasteiger partial charge in [0.05, 0.1) is 6.20 Å². The molecule has 0 saturated carbocycles. The number of pyridine rings is 1. The smallest absolute Gasteiger partial charge is 0.141 e. The summed E-state index contributed by atoms with van der Waals surface area (Å²) in [6.07, 6.45) is 5.11. The molecule has 1 N–H and O–H groups in total. The second-order valence-electron chi connectivity index (χ2n) is 5.34. The van der Waals surface area contributed by atoms with Crippen molar-refractivity contribution in [1.29, 1.82) is 0 Å². The number of hydrogen-bond acceptors (Lipinski definition) is 3. The number of rotatable bonds is 5. The zero-order chi connectivity index (χ0) is 14.7. The standard InChI is InChI=1S/C17H19FN2S/c1-2-7-20-17(13-8-14(18)11-19-10-13)16-9-12-5-3-4-6-15(12)21-16/h3-6,8,10-11,16-17,20H,2,7,9H2,1H3. The van der Waals surface area contributed by atoms with Gasteiger partial charge in [-0.3, -0.25) is 4.98 Å².